The first kappa shape index (κ1) is 43.7. The molecule has 0 saturated carbocycles. The average Bonchev–Trinajstić information content (AvgIpc) is 3.56. The van der Waals surface area contributed by atoms with Gasteiger partial charge in [-0.1, -0.05) is 80.1 Å². The first-order chi connectivity index (χ1) is 28.5. The van der Waals surface area contributed by atoms with Crippen LogP contribution in [0, 0.1) is 0 Å². The fourth-order valence-corrected chi connectivity index (χ4v) is 11.4. The summed E-state index contributed by atoms with van der Waals surface area (Å²) in [6, 6.07) is 25.9. The molecule has 0 radical (unpaired) electrons. The summed E-state index contributed by atoms with van der Waals surface area (Å²) < 4.78 is 73.1. The van der Waals surface area contributed by atoms with Crippen molar-refractivity contribution >= 4 is 53.2 Å². The molecule has 3 atom stereocenters. The summed E-state index contributed by atoms with van der Waals surface area (Å²) in [5, 5.41) is 4.79. The lowest BCUT2D eigenvalue weighted by molar-refractivity contribution is 0.246. The molecule has 4 aromatic carbocycles. The van der Waals surface area contributed by atoms with Crippen molar-refractivity contribution in [2.45, 2.75) is 75.7 Å². The van der Waals surface area contributed by atoms with E-state index in [0.717, 1.165) is 49.0 Å². The lowest BCUT2D eigenvalue weighted by atomic mass is 9.85. The number of hydrogen-bond donors (Lipinski definition) is 2. The number of allylic oxidation sites excluding steroid dienone is 6. The highest BCUT2D eigenvalue weighted by Crippen LogP contribution is 2.53. The van der Waals surface area contributed by atoms with Crippen LogP contribution in [0.5, 0.6) is 0 Å². The zero-order valence-electron chi connectivity index (χ0n) is 35.4. The van der Waals surface area contributed by atoms with Gasteiger partial charge in [0.2, 0.25) is 0 Å². The van der Waals surface area contributed by atoms with Crippen molar-refractivity contribution in [3.05, 3.63) is 143 Å². The van der Waals surface area contributed by atoms with Crippen LogP contribution in [0.3, 0.4) is 0 Å². The van der Waals surface area contributed by atoms with E-state index in [-0.39, 0.29) is 29.4 Å². The molecule has 7 rings (SSSR count). The van der Waals surface area contributed by atoms with E-state index in [1.54, 1.807) is 6.08 Å². The second kappa shape index (κ2) is 17.6. The lowest BCUT2D eigenvalue weighted by Crippen LogP contribution is -2.47. The second-order valence-corrected chi connectivity index (χ2v) is 20.7. The topological polar surface area (TPSA) is 118 Å². The van der Waals surface area contributed by atoms with E-state index in [0.29, 0.717) is 41.3 Å². The van der Waals surface area contributed by atoms with Gasteiger partial charge in [0.15, 0.2) is 0 Å². The molecule has 4 aromatic rings. The van der Waals surface area contributed by atoms with Crippen molar-refractivity contribution in [1.29, 1.82) is 0 Å². The van der Waals surface area contributed by atoms with Gasteiger partial charge in [-0.05, 0) is 108 Å². The zero-order valence-corrected chi connectivity index (χ0v) is 37.0. The monoisotopic (exact) mass is 852 g/mol. The number of quaternary nitrogens is 2. The molecule has 2 N–H and O–H groups in total. The molecule has 11 heteroatoms. The van der Waals surface area contributed by atoms with E-state index >= 15 is 0 Å². The van der Waals surface area contributed by atoms with Crippen molar-refractivity contribution < 1.29 is 30.7 Å². The van der Waals surface area contributed by atoms with Crippen LogP contribution in [-0.2, 0) is 25.0 Å². The highest BCUT2D eigenvalue weighted by molar-refractivity contribution is 7.86. The first-order valence-corrected chi connectivity index (χ1v) is 24.4. The molecule has 0 spiro atoms. The molecule has 318 valence electrons. The molecule has 3 aliphatic rings. The Hall–Kier alpha value is -4.36. The van der Waals surface area contributed by atoms with Crippen LogP contribution in [-0.4, -0.2) is 78.3 Å². The Morgan fingerprint density at radius 3 is 1.97 bits per heavy atom. The molecule has 0 aromatic heterocycles. The molecular weight excluding hydrogens is 793 g/mol. The predicted octanol–water partition coefficient (Wildman–Crippen LogP) is 10.5. The van der Waals surface area contributed by atoms with Gasteiger partial charge < -0.3 is 4.74 Å². The molecule has 0 bridgehead atoms. The highest BCUT2D eigenvalue weighted by Gasteiger charge is 2.47. The molecule has 0 fully saturated rings. The van der Waals surface area contributed by atoms with Gasteiger partial charge in [0, 0.05) is 29.2 Å². The molecule has 9 nitrogen and oxygen atoms in total. The van der Waals surface area contributed by atoms with E-state index < -0.39 is 20.2 Å². The highest BCUT2D eigenvalue weighted by atomic mass is 32.2. The van der Waals surface area contributed by atoms with Crippen LogP contribution >= 0.6 is 0 Å². The van der Waals surface area contributed by atoms with Crippen LogP contribution in [0.2, 0.25) is 0 Å². The average molecular weight is 853 g/mol. The van der Waals surface area contributed by atoms with Gasteiger partial charge in [0.1, 0.15) is 35.5 Å². The lowest BCUT2D eigenvalue weighted by Gasteiger charge is -2.32. The first-order valence-electron chi connectivity index (χ1n) is 21.2. The maximum atomic E-state index is 11.6. The molecule has 60 heavy (non-hydrogen) atoms. The van der Waals surface area contributed by atoms with Crippen molar-refractivity contribution in [3.63, 3.8) is 0 Å². The number of hydrogen-bond acceptors (Lipinski definition) is 5. The SMILES string of the molecule is C=CCOC1=C(C=CC2C(CCCCS(=O)(=O)O)c3c(ccc4ccccc34)[N+]2(C)C)CCCC1=CC=C1C(CCCCS(=O)(=O)O)c2c(ccc3ccccc23)[N+]1(C)C. The standard InChI is InChI=1S/C49H58N2O7S2/c1-6-32-58-49-37(26-28-43-41(22-11-13-33-59(52,53)54)47-39-20-9-7-16-35(39)24-30-45(47)50(43,2)3)18-15-19-38(49)27-29-44-42(23-12-14-34-60(55,56)57)48-40-21-10-8-17-36(40)25-31-46(48)51(44,4)5/h6-10,16-17,20-21,24-31,41-43H,1,11-15,18-19,22-23,32-34H2,2-5H3/p+2. The number of likely N-dealkylation sites (N-methyl/N-ethyl adjacent to an activating group) is 2. The van der Waals surface area contributed by atoms with Crippen molar-refractivity contribution in [2.75, 3.05) is 46.3 Å². The second-order valence-electron chi connectivity index (χ2n) is 17.6. The van der Waals surface area contributed by atoms with Crippen molar-refractivity contribution in [3.8, 4) is 0 Å². The summed E-state index contributed by atoms with van der Waals surface area (Å²) >= 11 is 0. The summed E-state index contributed by atoms with van der Waals surface area (Å²) in [4.78, 5) is 0. The molecule has 2 heterocycles. The molecule has 3 unspecified atom stereocenters. The minimum Gasteiger partial charge on any atom is -0.489 e. The van der Waals surface area contributed by atoms with Gasteiger partial charge in [-0.15, -0.1) is 0 Å². The fraction of sp³-hybridized carbons (Fsp3) is 0.388. The summed E-state index contributed by atoms with van der Waals surface area (Å²) in [7, 11) is 0.880. The third-order valence-electron chi connectivity index (χ3n) is 13.1. The van der Waals surface area contributed by atoms with E-state index in [1.807, 2.05) is 0 Å². The molecular formula is C49H60N2O7S2+2. The molecule has 0 amide bonds. The zero-order chi connectivity index (χ0) is 42.9. The predicted molar refractivity (Wildman–Crippen MR) is 247 cm³/mol. The minimum atomic E-state index is -4.04. The van der Waals surface area contributed by atoms with Crippen molar-refractivity contribution in [2.24, 2.45) is 0 Å². The van der Waals surface area contributed by atoms with Crippen LogP contribution in [0.15, 0.2) is 132 Å². The van der Waals surface area contributed by atoms with Crippen LogP contribution in [0.1, 0.15) is 80.8 Å². The Kier molecular flexibility index (Phi) is 12.8. The van der Waals surface area contributed by atoms with Gasteiger partial charge in [-0.25, -0.2) is 0 Å². The Balaban J connectivity index is 1.26. The van der Waals surface area contributed by atoms with Gasteiger partial charge in [-0.3, -0.25) is 18.1 Å². The maximum Gasteiger partial charge on any atom is 0.264 e. The van der Waals surface area contributed by atoms with Gasteiger partial charge in [-0.2, -0.15) is 16.8 Å². The van der Waals surface area contributed by atoms with Crippen LogP contribution in [0.25, 0.3) is 21.5 Å². The molecule has 2 aliphatic heterocycles. The third kappa shape index (κ3) is 9.12. The fourth-order valence-electron chi connectivity index (χ4n) is 10.3. The summed E-state index contributed by atoms with van der Waals surface area (Å²) in [6.45, 7) is 4.33. The molecule has 0 saturated heterocycles. The number of ether oxygens (including phenoxy) is 1. The van der Waals surface area contributed by atoms with Gasteiger partial charge in [0.05, 0.1) is 45.6 Å². The van der Waals surface area contributed by atoms with Gasteiger partial charge >= 0.3 is 0 Å². The van der Waals surface area contributed by atoms with E-state index in [2.05, 4.69) is 132 Å². The van der Waals surface area contributed by atoms with E-state index in [9.17, 15) is 25.9 Å². The number of rotatable bonds is 16. The summed E-state index contributed by atoms with van der Waals surface area (Å²) in [5.74, 6) is 0.578. The quantitative estimate of drug-likeness (QED) is 0.0499. The van der Waals surface area contributed by atoms with Crippen molar-refractivity contribution in [1.82, 2.24) is 8.97 Å². The Labute approximate surface area is 356 Å². The minimum absolute atomic E-state index is 0.0540. The maximum absolute atomic E-state index is 11.6. The number of benzene rings is 4. The van der Waals surface area contributed by atoms with Gasteiger partial charge in [0.25, 0.3) is 20.2 Å². The van der Waals surface area contributed by atoms with E-state index in [1.165, 1.54) is 49.7 Å². The molecule has 1 aliphatic carbocycles. The summed E-state index contributed by atoms with van der Waals surface area (Å²) in [5.41, 5.74) is 8.55. The van der Waals surface area contributed by atoms with Crippen LogP contribution < -0.4 is 8.97 Å². The number of unbranched alkanes of at least 4 members (excludes halogenated alkanes) is 2. The Morgan fingerprint density at radius 2 is 1.33 bits per heavy atom. The number of nitrogens with zero attached hydrogens (tertiary/aromatic N) is 2. The smallest absolute Gasteiger partial charge is 0.264 e. The number of fused-ring (bicyclic) bond motifs is 6. The Bertz CT molecular complexity index is 2640. The normalized spacial score (nSPS) is 22.6. The summed E-state index contributed by atoms with van der Waals surface area (Å²) in [6.07, 6.45) is 17.2. The third-order valence-corrected chi connectivity index (χ3v) is 14.7. The van der Waals surface area contributed by atoms with E-state index in [4.69, 9.17) is 4.74 Å². The largest absolute Gasteiger partial charge is 0.489 e. The van der Waals surface area contributed by atoms with Crippen LogP contribution in [0.4, 0.5) is 11.4 Å². The Morgan fingerprint density at radius 1 is 0.733 bits per heavy atom.